The second kappa shape index (κ2) is 4.12. The summed E-state index contributed by atoms with van der Waals surface area (Å²) in [6.45, 7) is 0.323. The largest absolute Gasteiger partial charge is 0.313 e. The van der Waals surface area contributed by atoms with E-state index in [-0.39, 0.29) is 5.78 Å². The number of aromatic amines is 1. The van der Waals surface area contributed by atoms with E-state index in [1.165, 1.54) is 0 Å². The number of rotatable bonds is 3. The molecule has 2 rings (SSSR count). The van der Waals surface area contributed by atoms with Crippen LogP contribution >= 0.6 is 15.9 Å². The number of Topliss-reactive ketones (excluding diaryl/α,β-unsaturated/α-hetero) is 1. The second-order valence-corrected chi connectivity index (χ2v) is 3.99. The molecule has 0 aliphatic carbocycles. The molecule has 0 saturated heterocycles. The van der Waals surface area contributed by atoms with Gasteiger partial charge < -0.3 is 5.32 Å². The van der Waals surface area contributed by atoms with Crippen molar-refractivity contribution in [2.24, 2.45) is 0 Å². The normalized spacial score (nSPS) is 10.8. The summed E-state index contributed by atoms with van der Waals surface area (Å²) in [5, 5.41) is 10.7. The Bertz CT molecular complexity index is 506. The predicted octanol–water partition coefficient (Wildman–Crippen LogP) is 1.73. The minimum absolute atomic E-state index is 0.0436. The first-order valence-electron chi connectivity index (χ1n) is 4.54. The van der Waals surface area contributed by atoms with E-state index < -0.39 is 0 Å². The smallest absolute Gasteiger partial charge is 0.178 e. The zero-order valence-corrected chi connectivity index (χ0v) is 9.76. The Morgan fingerprint density at radius 1 is 1.60 bits per heavy atom. The van der Waals surface area contributed by atoms with Gasteiger partial charge in [-0.05, 0) is 35.1 Å². The van der Waals surface area contributed by atoms with Gasteiger partial charge in [0.25, 0.3) is 0 Å². The molecule has 0 aliphatic rings. The summed E-state index contributed by atoms with van der Waals surface area (Å²) in [6.07, 6.45) is 0. The molecule has 0 saturated carbocycles. The number of carbonyl (C=O) groups excluding carboxylic acids is 1. The molecule has 0 aliphatic heterocycles. The molecule has 5 heteroatoms. The van der Waals surface area contributed by atoms with E-state index in [0.29, 0.717) is 17.6 Å². The first kappa shape index (κ1) is 10.3. The van der Waals surface area contributed by atoms with Gasteiger partial charge in [0.2, 0.25) is 0 Å². The van der Waals surface area contributed by atoms with Gasteiger partial charge in [0, 0.05) is 10.9 Å². The number of aromatic nitrogens is 2. The molecule has 15 heavy (non-hydrogen) atoms. The summed E-state index contributed by atoms with van der Waals surface area (Å²) >= 11 is 3.34. The minimum atomic E-state index is 0.0436. The van der Waals surface area contributed by atoms with Crippen LogP contribution in [-0.4, -0.2) is 29.6 Å². The van der Waals surface area contributed by atoms with Crippen LogP contribution in [0.1, 0.15) is 10.4 Å². The molecule has 78 valence electrons. The van der Waals surface area contributed by atoms with Gasteiger partial charge in [0.05, 0.1) is 6.54 Å². The van der Waals surface area contributed by atoms with E-state index in [2.05, 4.69) is 31.4 Å². The van der Waals surface area contributed by atoms with Gasteiger partial charge in [-0.25, -0.2) is 0 Å². The Balaban J connectivity index is 2.56. The molecule has 0 spiro atoms. The monoisotopic (exact) mass is 267 g/mol. The maximum Gasteiger partial charge on any atom is 0.178 e. The molecular weight excluding hydrogens is 258 g/mol. The van der Waals surface area contributed by atoms with E-state index in [1.54, 1.807) is 13.1 Å². The average Bonchev–Trinajstić information content (AvgIpc) is 2.61. The van der Waals surface area contributed by atoms with Crippen LogP contribution in [0.5, 0.6) is 0 Å². The lowest BCUT2D eigenvalue weighted by Crippen LogP contribution is -2.18. The van der Waals surface area contributed by atoms with Crippen LogP contribution in [0.25, 0.3) is 10.9 Å². The number of nitrogens with zero attached hydrogens (tertiary/aromatic N) is 1. The number of hydrogen-bond acceptors (Lipinski definition) is 3. The molecular formula is C10H10BrN3O. The Hall–Kier alpha value is -1.20. The van der Waals surface area contributed by atoms with Gasteiger partial charge in [-0.2, -0.15) is 5.10 Å². The zero-order valence-electron chi connectivity index (χ0n) is 8.17. The van der Waals surface area contributed by atoms with Crippen molar-refractivity contribution in [3.05, 3.63) is 28.4 Å². The fourth-order valence-electron chi connectivity index (χ4n) is 1.49. The van der Waals surface area contributed by atoms with Crippen molar-refractivity contribution in [1.29, 1.82) is 0 Å². The topological polar surface area (TPSA) is 57.8 Å². The SMILES string of the molecule is CNCC(=O)c1cccc2c(Br)[nH]nc12. The highest BCUT2D eigenvalue weighted by molar-refractivity contribution is 9.10. The Kier molecular flexibility index (Phi) is 2.83. The van der Waals surface area contributed by atoms with E-state index in [4.69, 9.17) is 0 Å². The molecule has 0 radical (unpaired) electrons. The highest BCUT2D eigenvalue weighted by Crippen LogP contribution is 2.23. The molecule has 1 heterocycles. The second-order valence-electron chi connectivity index (χ2n) is 3.19. The summed E-state index contributed by atoms with van der Waals surface area (Å²) in [7, 11) is 1.75. The number of hydrogen-bond donors (Lipinski definition) is 2. The summed E-state index contributed by atoms with van der Waals surface area (Å²) in [4.78, 5) is 11.7. The number of fused-ring (bicyclic) bond motifs is 1. The maximum absolute atomic E-state index is 11.7. The summed E-state index contributed by atoms with van der Waals surface area (Å²) in [5.41, 5.74) is 1.36. The maximum atomic E-state index is 11.7. The lowest BCUT2D eigenvalue weighted by Gasteiger charge is -2.00. The van der Waals surface area contributed by atoms with Gasteiger partial charge >= 0.3 is 0 Å². The third-order valence-electron chi connectivity index (χ3n) is 2.18. The Labute approximate surface area is 95.2 Å². The van der Waals surface area contributed by atoms with Crippen LogP contribution in [0, 0.1) is 0 Å². The Morgan fingerprint density at radius 3 is 3.13 bits per heavy atom. The molecule has 2 N–H and O–H groups in total. The Morgan fingerprint density at radius 2 is 2.40 bits per heavy atom. The van der Waals surface area contributed by atoms with Crippen molar-refractivity contribution in [2.45, 2.75) is 0 Å². The number of benzene rings is 1. The zero-order chi connectivity index (χ0) is 10.8. The number of ketones is 1. The van der Waals surface area contributed by atoms with Crippen molar-refractivity contribution < 1.29 is 4.79 Å². The predicted molar refractivity (Wildman–Crippen MR) is 62.1 cm³/mol. The van der Waals surface area contributed by atoms with Gasteiger partial charge in [-0.1, -0.05) is 6.07 Å². The van der Waals surface area contributed by atoms with Crippen molar-refractivity contribution in [2.75, 3.05) is 13.6 Å². The summed E-state index contributed by atoms with van der Waals surface area (Å²) in [5.74, 6) is 0.0436. The first-order chi connectivity index (χ1) is 7.24. The fourth-order valence-corrected chi connectivity index (χ4v) is 1.90. The van der Waals surface area contributed by atoms with Crippen molar-refractivity contribution in [1.82, 2.24) is 15.5 Å². The number of H-pyrrole nitrogens is 1. The van der Waals surface area contributed by atoms with E-state index in [0.717, 1.165) is 9.99 Å². The lowest BCUT2D eigenvalue weighted by molar-refractivity contribution is 0.0995. The van der Waals surface area contributed by atoms with Crippen LogP contribution in [0.3, 0.4) is 0 Å². The molecule has 0 fully saturated rings. The van der Waals surface area contributed by atoms with Gasteiger partial charge in [-0.15, -0.1) is 0 Å². The van der Waals surface area contributed by atoms with Crippen molar-refractivity contribution in [3.8, 4) is 0 Å². The van der Waals surface area contributed by atoms with Crippen LogP contribution in [-0.2, 0) is 0 Å². The third-order valence-corrected chi connectivity index (χ3v) is 2.78. The van der Waals surface area contributed by atoms with Gasteiger partial charge in [-0.3, -0.25) is 9.89 Å². The average molecular weight is 268 g/mol. The molecule has 0 atom stereocenters. The highest BCUT2D eigenvalue weighted by atomic mass is 79.9. The van der Waals surface area contributed by atoms with Gasteiger partial charge in [0.15, 0.2) is 5.78 Å². The lowest BCUT2D eigenvalue weighted by atomic mass is 10.1. The molecule has 2 aromatic rings. The first-order valence-corrected chi connectivity index (χ1v) is 5.33. The van der Waals surface area contributed by atoms with Crippen LogP contribution < -0.4 is 5.32 Å². The van der Waals surface area contributed by atoms with Crippen LogP contribution in [0.4, 0.5) is 0 Å². The van der Waals surface area contributed by atoms with Gasteiger partial charge in [0.1, 0.15) is 10.1 Å². The van der Waals surface area contributed by atoms with E-state index >= 15 is 0 Å². The fraction of sp³-hybridized carbons (Fsp3) is 0.200. The molecule has 0 unspecified atom stereocenters. The number of para-hydroxylation sites is 1. The standard InChI is InChI=1S/C10H10BrN3O/c1-12-5-8(15)6-3-2-4-7-9(6)13-14-10(7)11/h2-4,12H,5H2,1H3,(H,13,14). The van der Waals surface area contributed by atoms with Crippen LogP contribution in [0.15, 0.2) is 22.8 Å². The minimum Gasteiger partial charge on any atom is -0.313 e. The number of likely N-dealkylation sites (N-methyl/N-ethyl adjacent to an activating group) is 1. The molecule has 0 amide bonds. The molecule has 1 aromatic carbocycles. The highest BCUT2D eigenvalue weighted by Gasteiger charge is 2.12. The quantitative estimate of drug-likeness (QED) is 0.833. The number of halogens is 1. The summed E-state index contributed by atoms with van der Waals surface area (Å²) in [6, 6.07) is 5.56. The molecule has 0 bridgehead atoms. The van der Waals surface area contributed by atoms with Crippen molar-refractivity contribution in [3.63, 3.8) is 0 Å². The van der Waals surface area contributed by atoms with Crippen molar-refractivity contribution >= 4 is 32.6 Å². The number of nitrogens with one attached hydrogen (secondary N) is 2. The van der Waals surface area contributed by atoms with Crippen LogP contribution in [0.2, 0.25) is 0 Å². The van der Waals surface area contributed by atoms with E-state index in [1.807, 2.05) is 12.1 Å². The number of carbonyl (C=O) groups is 1. The van der Waals surface area contributed by atoms with E-state index in [9.17, 15) is 4.79 Å². The third kappa shape index (κ3) is 1.80. The molecule has 1 aromatic heterocycles. The summed E-state index contributed by atoms with van der Waals surface area (Å²) < 4.78 is 0.802. The molecule has 4 nitrogen and oxygen atoms in total.